The van der Waals surface area contributed by atoms with E-state index in [1.807, 2.05) is 24.3 Å². The number of nitrogens with zero attached hydrogens (tertiary/aromatic N) is 2. The molecule has 0 saturated carbocycles. The Morgan fingerprint density at radius 1 is 1.29 bits per heavy atom. The number of benzene rings is 1. The highest BCUT2D eigenvalue weighted by atomic mass is 15.0. The maximum absolute atomic E-state index is 5.16. The molecule has 0 bridgehead atoms. The van der Waals surface area contributed by atoms with Crippen LogP contribution in [0, 0.1) is 12.3 Å². The number of hydrogen-bond acceptors (Lipinski definition) is 3. The Morgan fingerprint density at radius 2 is 2.14 bits per heavy atom. The zero-order chi connectivity index (χ0) is 9.80. The molecule has 0 aliphatic carbocycles. The first kappa shape index (κ1) is 8.52. The lowest BCUT2D eigenvalue weighted by atomic mass is 10.2. The molecular weight excluding hydrogens is 174 g/mol. The van der Waals surface area contributed by atoms with Crippen LogP contribution in [0.1, 0.15) is 0 Å². The van der Waals surface area contributed by atoms with Crippen molar-refractivity contribution < 1.29 is 0 Å². The summed E-state index contributed by atoms with van der Waals surface area (Å²) in [5.74, 6) is 3.30. The minimum atomic E-state index is 0.473. The fourth-order valence-corrected chi connectivity index (χ4v) is 1.28. The largest absolute Gasteiger partial charge is 0.359 e. The summed E-state index contributed by atoms with van der Waals surface area (Å²) in [4.78, 5) is 8.27. The summed E-state index contributed by atoms with van der Waals surface area (Å²) in [7, 11) is 0. The van der Waals surface area contributed by atoms with Crippen molar-refractivity contribution >= 4 is 16.7 Å². The van der Waals surface area contributed by atoms with E-state index in [1.165, 1.54) is 6.33 Å². The maximum Gasteiger partial charge on any atom is 0.138 e. The third kappa shape index (κ3) is 1.50. The van der Waals surface area contributed by atoms with Crippen LogP contribution in [0.15, 0.2) is 30.6 Å². The standard InChI is InChI=1S/C11H9N3/c1-2-7-12-11-9-5-3-4-6-10(9)13-8-14-11/h1,3-6,8H,7H2,(H,12,13,14). The fourth-order valence-electron chi connectivity index (χ4n) is 1.28. The van der Waals surface area contributed by atoms with Crippen molar-refractivity contribution in [3.8, 4) is 12.3 Å². The molecule has 14 heavy (non-hydrogen) atoms. The molecule has 0 aliphatic heterocycles. The van der Waals surface area contributed by atoms with Crippen molar-refractivity contribution in [2.75, 3.05) is 11.9 Å². The number of nitrogens with one attached hydrogen (secondary N) is 1. The van der Waals surface area contributed by atoms with Crippen molar-refractivity contribution in [2.24, 2.45) is 0 Å². The molecule has 0 atom stereocenters. The molecule has 0 aliphatic rings. The SMILES string of the molecule is C#CCNc1ncnc2ccccc12. The van der Waals surface area contributed by atoms with Crippen molar-refractivity contribution in [2.45, 2.75) is 0 Å². The third-order valence-electron chi connectivity index (χ3n) is 1.90. The molecule has 1 heterocycles. The molecule has 1 aromatic carbocycles. The lowest BCUT2D eigenvalue weighted by Crippen LogP contribution is -2.01. The van der Waals surface area contributed by atoms with Crippen LogP contribution in [0.3, 0.4) is 0 Å². The number of para-hydroxylation sites is 1. The van der Waals surface area contributed by atoms with E-state index in [2.05, 4.69) is 21.2 Å². The predicted octanol–water partition coefficient (Wildman–Crippen LogP) is 1.67. The predicted molar refractivity (Wildman–Crippen MR) is 56.9 cm³/mol. The van der Waals surface area contributed by atoms with E-state index in [0.717, 1.165) is 16.7 Å². The highest BCUT2D eigenvalue weighted by Gasteiger charge is 1.99. The molecule has 1 aromatic heterocycles. The molecule has 0 amide bonds. The Bertz CT molecular complexity index is 480. The molecule has 2 aromatic rings. The van der Waals surface area contributed by atoms with Gasteiger partial charge in [0.25, 0.3) is 0 Å². The van der Waals surface area contributed by atoms with Gasteiger partial charge in [-0.3, -0.25) is 0 Å². The van der Waals surface area contributed by atoms with Gasteiger partial charge in [0.1, 0.15) is 12.1 Å². The Balaban J connectivity index is 2.49. The van der Waals surface area contributed by atoms with Crippen LogP contribution in [-0.2, 0) is 0 Å². The highest BCUT2D eigenvalue weighted by molar-refractivity contribution is 5.88. The van der Waals surface area contributed by atoms with Crippen molar-refractivity contribution in [3.05, 3.63) is 30.6 Å². The lowest BCUT2D eigenvalue weighted by Gasteiger charge is -2.04. The van der Waals surface area contributed by atoms with E-state index in [-0.39, 0.29) is 0 Å². The van der Waals surface area contributed by atoms with Gasteiger partial charge in [-0.25, -0.2) is 9.97 Å². The molecule has 3 nitrogen and oxygen atoms in total. The van der Waals surface area contributed by atoms with Gasteiger partial charge in [0, 0.05) is 5.39 Å². The van der Waals surface area contributed by atoms with E-state index in [4.69, 9.17) is 6.42 Å². The van der Waals surface area contributed by atoms with Gasteiger partial charge < -0.3 is 5.32 Å². The molecular formula is C11H9N3. The van der Waals surface area contributed by atoms with Crippen molar-refractivity contribution in [1.29, 1.82) is 0 Å². The molecule has 1 N–H and O–H groups in total. The summed E-state index contributed by atoms with van der Waals surface area (Å²) in [6.07, 6.45) is 6.69. The third-order valence-corrected chi connectivity index (χ3v) is 1.90. The van der Waals surface area contributed by atoms with Gasteiger partial charge in [0.05, 0.1) is 12.1 Å². The van der Waals surface area contributed by atoms with Crippen LogP contribution in [-0.4, -0.2) is 16.5 Å². The summed E-state index contributed by atoms with van der Waals surface area (Å²) in [5, 5.41) is 4.04. The number of fused-ring (bicyclic) bond motifs is 1. The van der Waals surface area contributed by atoms with Crippen LogP contribution in [0.25, 0.3) is 10.9 Å². The lowest BCUT2D eigenvalue weighted by molar-refractivity contribution is 1.19. The van der Waals surface area contributed by atoms with E-state index >= 15 is 0 Å². The Kier molecular flexibility index (Phi) is 2.28. The second kappa shape index (κ2) is 3.75. The zero-order valence-corrected chi connectivity index (χ0v) is 7.57. The van der Waals surface area contributed by atoms with Crippen LogP contribution >= 0.6 is 0 Å². The summed E-state index contributed by atoms with van der Waals surface area (Å²) in [6, 6.07) is 7.80. The van der Waals surface area contributed by atoms with Crippen LogP contribution < -0.4 is 5.32 Å². The number of hydrogen-bond donors (Lipinski definition) is 1. The Hall–Kier alpha value is -2.08. The van der Waals surface area contributed by atoms with E-state index < -0.39 is 0 Å². The number of anilines is 1. The monoisotopic (exact) mass is 183 g/mol. The maximum atomic E-state index is 5.16. The number of terminal acetylenes is 1. The summed E-state index contributed by atoms with van der Waals surface area (Å²) >= 11 is 0. The topological polar surface area (TPSA) is 37.8 Å². The van der Waals surface area contributed by atoms with Crippen LogP contribution in [0.2, 0.25) is 0 Å². The summed E-state index contributed by atoms with van der Waals surface area (Å²) in [6.45, 7) is 0.473. The second-order valence-corrected chi connectivity index (χ2v) is 2.80. The molecule has 0 spiro atoms. The molecule has 3 heteroatoms. The first-order chi connectivity index (χ1) is 6.92. The van der Waals surface area contributed by atoms with Crippen LogP contribution in [0.5, 0.6) is 0 Å². The smallest absolute Gasteiger partial charge is 0.138 e. The minimum Gasteiger partial charge on any atom is -0.359 e. The van der Waals surface area contributed by atoms with Gasteiger partial charge in [-0.05, 0) is 12.1 Å². The normalized spacial score (nSPS) is 9.64. The molecule has 0 saturated heterocycles. The average molecular weight is 183 g/mol. The van der Waals surface area contributed by atoms with Gasteiger partial charge in [0.15, 0.2) is 0 Å². The van der Waals surface area contributed by atoms with Crippen molar-refractivity contribution in [3.63, 3.8) is 0 Å². The van der Waals surface area contributed by atoms with E-state index in [1.54, 1.807) is 0 Å². The first-order valence-electron chi connectivity index (χ1n) is 4.29. The van der Waals surface area contributed by atoms with E-state index in [0.29, 0.717) is 6.54 Å². The number of aromatic nitrogens is 2. The summed E-state index contributed by atoms with van der Waals surface area (Å²) in [5.41, 5.74) is 0.919. The van der Waals surface area contributed by atoms with Crippen LogP contribution in [0.4, 0.5) is 5.82 Å². The minimum absolute atomic E-state index is 0.473. The van der Waals surface area contributed by atoms with Gasteiger partial charge in [-0.15, -0.1) is 6.42 Å². The Morgan fingerprint density at radius 3 is 3.00 bits per heavy atom. The summed E-state index contributed by atoms with van der Waals surface area (Å²) < 4.78 is 0. The Labute approximate surface area is 82.2 Å². The highest BCUT2D eigenvalue weighted by Crippen LogP contribution is 2.17. The fraction of sp³-hybridized carbons (Fsp3) is 0.0909. The molecule has 68 valence electrons. The average Bonchev–Trinajstić information content (AvgIpc) is 2.26. The molecule has 0 radical (unpaired) electrons. The van der Waals surface area contributed by atoms with Crippen molar-refractivity contribution in [1.82, 2.24) is 9.97 Å². The van der Waals surface area contributed by atoms with Gasteiger partial charge >= 0.3 is 0 Å². The van der Waals surface area contributed by atoms with E-state index in [9.17, 15) is 0 Å². The van der Waals surface area contributed by atoms with Gasteiger partial charge in [-0.1, -0.05) is 18.1 Å². The first-order valence-corrected chi connectivity index (χ1v) is 4.29. The quantitative estimate of drug-likeness (QED) is 0.720. The molecule has 2 rings (SSSR count). The number of rotatable bonds is 2. The van der Waals surface area contributed by atoms with Gasteiger partial charge in [0.2, 0.25) is 0 Å². The zero-order valence-electron chi connectivity index (χ0n) is 7.57. The second-order valence-electron chi connectivity index (χ2n) is 2.80. The molecule has 0 fully saturated rings. The van der Waals surface area contributed by atoms with Gasteiger partial charge in [-0.2, -0.15) is 0 Å². The molecule has 0 unspecified atom stereocenters.